The number of benzene rings is 1. The number of hydrogen-bond donors (Lipinski definition) is 1. The molecule has 0 radical (unpaired) electrons. The summed E-state index contributed by atoms with van der Waals surface area (Å²) < 4.78 is 2.05. The Morgan fingerprint density at radius 1 is 1.19 bits per heavy atom. The van der Waals surface area contributed by atoms with Gasteiger partial charge in [-0.2, -0.15) is 5.10 Å². The summed E-state index contributed by atoms with van der Waals surface area (Å²) in [7, 11) is 0. The molecule has 0 saturated carbocycles. The fraction of sp³-hybridized carbons (Fsp3) is 0.500. The van der Waals surface area contributed by atoms with Crippen LogP contribution in [0, 0.1) is 0 Å². The lowest BCUT2D eigenvalue weighted by Crippen LogP contribution is -2.28. The average molecular weight is 285 g/mol. The highest BCUT2D eigenvalue weighted by Crippen LogP contribution is 2.20. The quantitative estimate of drug-likeness (QED) is 0.803. The van der Waals surface area contributed by atoms with Crippen LogP contribution < -0.4 is 5.32 Å². The number of nitrogens with one attached hydrogen (secondary N) is 1. The summed E-state index contributed by atoms with van der Waals surface area (Å²) in [5.74, 6) is 0.493. The van der Waals surface area contributed by atoms with Crippen molar-refractivity contribution in [3.05, 3.63) is 53.9 Å². The van der Waals surface area contributed by atoms with E-state index in [9.17, 15) is 0 Å². The number of aryl methyl sites for hydroxylation is 1. The lowest BCUT2D eigenvalue weighted by Gasteiger charge is -2.19. The van der Waals surface area contributed by atoms with Gasteiger partial charge in [-0.25, -0.2) is 0 Å². The number of nitrogens with zero attached hydrogens (tertiary/aromatic N) is 2. The lowest BCUT2D eigenvalue weighted by atomic mass is 9.93. The van der Waals surface area contributed by atoms with Crippen molar-refractivity contribution in [2.45, 2.75) is 52.1 Å². The molecule has 1 aromatic heterocycles. The summed E-state index contributed by atoms with van der Waals surface area (Å²) in [5.41, 5.74) is 2.72. The van der Waals surface area contributed by atoms with E-state index in [1.807, 2.05) is 10.9 Å². The van der Waals surface area contributed by atoms with E-state index in [4.69, 9.17) is 0 Å². The van der Waals surface area contributed by atoms with Gasteiger partial charge in [0, 0.05) is 31.2 Å². The van der Waals surface area contributed by atoms with E-state index in [-0.39, 0.29) is 0 Å². The Morgan fingerprint density at radius 2 is 1.95 bits per heavy atom. The van der Waals surface area contributed by atoms with Crippen molar-refractivity contribution in [3.8, 4) is 0 Å². The summed E-state index contributed by atoms with van der Waals surface area (Å²) in [6.07, 6.45) is 6.36. The zero-order chi connectivity index (χ0) is 15.1. The zero-order valence-electron chi connectivity index (χ0n) is 13.4. The molecule has 0 spiro atoms. The van der Waals surface area contributed by atoms with E-state index in [1.54, 1.807) is 0 Å². The van der Waals surface area contributed by atoms with Crippen LogP contribution in [0.2, 0.25) is 0 Å². The Labute approximate surface area is 128 Å². The zero-order valence-corrected chi connectivity index (χ0v) is 13.4. The predicted octanol–water partition coefficient (Wildman–Crippen LogP) is 3.62. The molecule has 1 heterocycles. The van der Waals surface area contributed by atoms with Gasteiger partial charge in [0.1, 0.15) is 0 Å². The van der Waals surface area contributed by atoms with Crippen LogP contribution in [0.3, 0.4) is 0 Å². The van der Waals surface area contributed by atoms with Gasteiger partial charge in [-0.3, -0.25) is 4.68 Å². The summed E-state index contributed by atoms with van der Waals surface area (Å²) in [6, 6.07) is 11.3. The maximum Gasteiger partial charge on any atom is 0.0521 e. The molecular weight excluding hydrogens is 258 g/mol. The second kappa shape index (κ2) is 7.99. The van der Waals surface area contributed by atoms with Crippen molar-refractivity contribution in [2.24, 2.45) is 0 Å². The third-order valence-corrected chi connectivity index (χ3v) is 3.67. The number of aromatic nitrogens is 2. The molecule has 2 aromatic rings. The predicted molar refractivity (Wildman–Crippen MR) is 88.5 cm³/mol. The first kappa shape index (κ1) is 15.8. The molecule has 0 aliphatic rings. The minimum Gasteiger partial charge on any atom is -0.314 e. The van der Waals surface area contributed by atoms with Gasteiger partial charge in [-0.05, 0) is 24.0 Å². The molecule has 3 nitrogen and oxygen atoms in total. The summed E-state index contributed by atoms with van der Waals surface area (Å²) in [5, 5.41) is 8.01. The first-order valence-electron chi connectivity index (χ1n) is 7.98. The van der Waals surface area contributed by atoms with Crippen LogP contribution in [0.4, 0.5) is 0 Å². The highest BCUT2D eigenvalue weighted by molar-refractivity contribution is 5.22. The monoisotopic (exact) mass is 285 g/mol. The van der Waals surface area contributed by atoms with E-state index < -0.39 is 0 Å². The molecule has 0 bridgehead atoms. The molecule has 3 heteroatoms. The van der Waals surface area contributed by atoms with E-state index in [2.05, 4.69) is 67.7 Å². The Morgan fingerprint density at radius 3 is 2.62 bits per heavy atom. The van der Waals surface area contributed by atoms with Crippen LogP contribution in [-0.2, 0) is 13.0 Å². The summed E-state index contributed by atoms with van der Waals surface area (Å²) in [4.78, 5) is 0. The molecule has 1 N–H and O–H groups in total. The van der Waals surface area contributed by atoms with Gasteiger partial charge in [0.25, 0.3) is 0 Å². The first-order chi connectivity index (χ1) is 10.2. The van der Waals surface area contributed by atoms with Crippen molar-refractivity contribution < 1.29 is 0 Å². The van der Waals surface area contributed by atoms with Crippen LogP contribution in [0.25, 0.3) is 0 Å². The van der Waals surface area contributed by atoms with E-state index in [0.717, 1.165) is 25.9 Å². The molecule has 0 aliphatic carbocycles. The SMILES string of the molecule is CCCn1cc(CC(CNC(C)C)c2ccccc2)cn1. The van der Waals surface area contributed by atoms with Crippen molar-refractivity contribution in [1.29, 1.82) is 0 Å². The first-order valence-corrected chi connectivity index (χ1v) is 7.98. The van der Waals surface area contributed by atoms with Crippen LogP contribution >= 0.6 is 0 Å². The Kier molecular flexibility index (Phi) is 6.00. The molecule has 0 amide bonds. The second-order valence-corrected chi connectivity index (χ2v) is 5.99. The fourth-order valence-electron chi connectivity index (χ4n) is 2.56. The molecule has 0 fully saturated rings. The van der Waals surface area contributed by atoms with Gasteiger partial charge in [0.2, 0.25) is 0 Å². The lowest BCUT2D eigenvalue weighted by molar-refractivity contribution is 0.526. The standard InChI is InChI=1S/C18H27N3/c1-4-10-21-14-16(12-20-21)11-18(13-19-15(2)3)17-8-6-5-7-9-17/h5-9,12,14-15,18-19H,4,10-11,13H2,1-3H3. The van der Waals surface area contributed by atoms with Crippen molar-refractivity contribution >= 4 is 0 Å². The molecular formula is C18H27N3. The van der Waals surface area contributed by atoms with E-state index in [1.165, 1.54) is 11.1 Å². The number of hydrogen-bond acceptors (Lipinski definition) is 2. The molecule has 0 saturated heterocycles. The Balaban J connectivity index is 2.07. The van der Waals surface area contributed by atoms with Crippen molar-refractivity contribution in [1.82, 2.24) is 15.1 Å². The second-order valence-electron chi connectivity index (χ2n) is 5.99. The smallest absolute Gasteiger partial charge is 0.0521 e. The molecule has 1 atom stereocenters. The van der Waals surface area contributed by atoms with Gasteiger partial charge in [0.15, 0.2) is 0 Å². The maximum atomic E-state index is 4.44. The minimum atomic E-state index is 0.493. The Hall–Kier alpha value is -1.61. The van der Waals surface area contributed by atoms with E-state index in [0.29, 0.717) is 12.0 Å². The molecule has 1 aromatic carbocycles. The largest absolute Gasteiger partial charge is 0.314 e. The summed E-state index contributed by atoms with van der Waals surface area (Å²) in [6.45, 7) is 8.57. The van der Waals surface area contributed by atoms with Crippen LogP contribution in [-0.4, -0.2) is 22.4 Å². The molecule has 114 valence electrons. The number of rotatable bonds is 8. The highest BCUT2D eigenvalue weighted by atomic mass is 15.3. The van der Waals surface area contributed by atoms with Crippen molar-refractivity contribution in [2.75, 3.05) is 6.54 Å². The van der Waals surface area contributed by atoms with Crippen LogP contribution in [0.15, 0.2) is 42.7 Å². The molecule has 21 heavy (non-hydrogen) atoms. The van der Waals surface area contributed by atoms with Gasteiger partial charge in [0.05, 0.1) is 6.20 Å². The fourth-order valence-corrected chi connectivity index (χ4v) is 2.56. The average Bonchev–Trinajstić information content (AvgIpc) is 2.92. The van der Waals surface area contributed by atoms with Crippen LogP contribution in [0.5, 0.6) is 0 Å². The molecule has 0 aliphatic heterocycles. The maximum absolute atomic E-state index is 4.44. The molecule has 2 rings (SSSR count). The van der Waals surface area contributed by atoms with Gasteiger partial charge in [-0.1, -0.05) is 51.1 Å². The third-order valence-electron chi connectivity index (χ3n) is 3.67. The minimum absolute atomic E-state index is 0.493. The van der Waals surface area contributed by atoms with Crippen LogP contribution in [0.1, 0.15) is 44.2 Å². The highest BCUT2D eigenvalue weighted by Gasteiger charge is 2.13. The third kappa shape index (κ3) is 5.01. The van der Waals surface area contributed by atoms with Gasteiger partial charge >= 0.3 is 0 Å². The van der Waals surface area contributed by atoms with E-state index >= 15 is 0 Å². The van der Waals surface area contributed by atoms with Crippen molar-refractivity contribution in [3.63, 3.8) is 0 Å². The van der Waals surface area contributed by atoms with Gasteiger partial charge < -0.3 is 5.32 Å². The Bertz CT molecular complexity index is 516. The van der Waals surface area contributed by atoms with Gasteiger partial charge in [-0.15, -0.1) is 0 Å². The summed E-state index contributed by atoms with van der Waals surface area (Å²) >= 11 is 0. The topological polar surface area (TPSA) is 29.9 Å². The normalized spacial score (nSPS) is 12.8. The molecule has 1 unspecified atom stereocenters.